The van der Waals surface area contributed by atoms with Crippen LogP contribution in [0.25, 0.3) is 10.9 Å². The largest absolute Gasteiger partial charge is 0.293 e. The van der Waals surface area contributed by atoms with Crippen molar-refractivity contribution in [3.05, 3.63) is 82.7 Å². The summed E-state index contributed by atoms with van der Waals surface area (Å²) < 4.78 is 1.57. The highest BCUT2D eigenvalue weighted by Gasteiger charge is 2.20. The molecule has 1 heterocycles. The molecule has 0 amide bonds. The zero-order valence-corrected chi connectivity index (χ0v) is 16.3. The molecule has 138 valence electrons. The smallest absolute Gasteiger partial charge is 0.262 e. The maximum absolute atomic E-state index is 12.8. The first-order valence-corrected chi connectivity index (χ1v) is 9.83. The molecule has 0 aliphatic heterocycles. The molecule has 0 N–H and O–H groups in total. The molecule has 0 unspecified atom stereocenters. The minimum Gasteiger partial charge on any atom is -0.293 e. The average Bonchev–Trinajstić information content (AvgIpc) is 2.70. The van der Waals surface area contributed by atoms with Crippen LogP contribution >= 0.6 is 11.8 Å². The van der Waals surface area contributed by atoms with Crippen molar-refractivity contribution in [1.29, 1.82) is 0 Å². The van der Waals surface area contributed by atoms with E-state index in [1.54, 1.807) is 16.7 Å². The Morgan fingerprint density at radius 2 is 1.93 bits per heavy atom. The number of thioether (sulfide) groups is 1. The molecule has 1 aromatic heterocycles. The predicted molar refractivity (Wildman–Crippen MR) is 112 cm³/mol. The Hall–Kier alpha value is -2.66. The second kappa shape index (κ2) is 8.35. The van der Waals surface area contributed by atoms with Gasteiger partial charge < -0.3 is 0 Å². The number of hydrogen-bond acceptors (Lipinski definition) is 4. The highest BCUT2D eigenvalue weighted by molar-refractivity contribution is 8.00. The van der Waals surface area contributed by atoms with E-state index in [1.807, 2.05) is 49.4 Å². The molecule has 0 spiro atoms. The molecule has 0 saturated carbocycles. The minimum absolute atomic E-state index is 0.0233. The predicted octanol–water partition coefficient (Wildman–Crippen LogP) is 4.51. The van der Waals surface area contributed by atoms with Gasteiger partial charge in [-0.3, -0.25) is 14.2 Å². The van der Waals surface area contributed by atoms with Gasteiger partial charge in [0.15, 0.2) is 10.9 Å². The summed E-state index contributed by atoms with van der Waals surface area (Å²) in [6, 6.07) is 14.9. The van der Waals surface area contributed by atoms with E-state index in [0.717, 1.165) is 6.42 Å². The normalized spacial score (nSPS) is 12.1. The fraction of sp³-hybridized carbons (Fsp3) is 0.227. The molecular formula is C22H22N2O2S. The number of benzene rings is 2. The quantitative estimate of drug-likeness (QED) is 0.263. The lowest BCUT2D eigenvalue weighted by Gasteiger charge is -2.15. The number of carbonyl (C=O) groups is 1. The van der Waals surface area contributed by atoms with Crippen molar-refractivity contribution in [2.75, 3.05) is 0 Å². The fourth-order valence-electron chi connectivity index (χ4n) is 2.88. The Kier molecular flexibility index (Phi) is 5.91. The van der Waals surface area contributed by atoms with Crippen LogP contribution in [0.2, 0.25) is 0 Å². The van der Waals surface area contributed by atoms with Crippen LogP contribution < -0.4 is 5.56 Å². The fourth-order valence-corrected chi connectivity index (χ4v) is 3.87. The molecule has 1 atom stereocenters. The number of nitrogens with zero attached hydrogens (tertiary/aromatic N) is 2. The molecular weight excluding hydrogens is 356 g/mol. The van der Waals surface area contributed by atoms with E-state index in [4.69, 9.17) is 0 Å². The van der Waals surface area contributed by atoms with Gasteiger partial charge in [-0.1, -0.05) is 61.2 Å². The topological polar surface area (TPSA) is 52.0 Å². The van der Waals surface area contributed by atoms with Gasteiger partial charge >= 0.3 is 0 Å². The lowest BCUT2D eigenvalue weighted by molar-refractivity contribution is 0.0994. The third-order valence-electron chi connectivity index (χ3n) is 4.44. The highest BCUT2D eigenvalue weighted by Crippen LogP contribution is 2.25. The van der Waals surface area contributed by atoms with Crippen molar-refractivity contribution in [2.45, 2.75) is 37.2 Å². The molecule has 5 heteroatoms. The molecule has 2 aromatic carbocycles. The third kappa shape index (κ3) is 4.03. The number of ketones is 1. The summed E-state index contributed by atoms with van der Waals surface area (Å²) in [5.74, 6) is 0.0233. The van der Waals surface area contributed by atoms with Gasteiger partial charge in [-0.15, -0.1) is 6.58 Å². The summed E-state index contributed by atoms with van der Waals surface area (Å²) >= 11 is 1.31. The monoisotopic (exact) mass is 378 g/mol. The number of fused-ring (bicyclic) bond motifs is 1. The summed E-state index contributed by atoms with van der Waals surface area (Å²) in [6.45, 7) is 8.02. The first kappa shape index (κ1) is 19.1. The van der Waals surface area contributed by atoms with Gasteiger partial charge in [-0.05, 0) is 31.0 Å². The van der Waals surface area contributed by atoms with Crippen LogP contribution in [0.5, 0.6) is 0 Å². The summed E-state index contributed by atoms with van der Waals surface area (Å²) in [5, 5.41) is 0.740. The number of Topliss-reactive ketones (excluding diaryl/α,β-unsaturated/α-hetero) is 1. The number of allylic oxidation sites excluding steroid dienone is 1. The van der Waals surface area contributed by atoms with Crippen molar-refractivity contribution >= 4 is 28.4 Å². The molecule has 27 heavy (non-hydrogen) atoms. The SMILES string of the molecule is C=CCn1c(S[C@H](C)C(=O)c2ccc(CC)cc2)nc2ccccc2c1=O. The maximum Gasteiger partial charge on any atom is 0.262 e. The van der Waals surface area contributed by atoms with Crippen LogP contribution in [0.1, 0.15) is 29.8 Å². The van der Waals surface area contributed by atoms with Gasteiger partial charge in [-0.2, -0.15) is 0 Å². The first-order chi connectivity index (χ1) is 13.0. The molecule has 0 saturated heterocycles. The molecule has 3 rings (SSSR count). The van der Waals surface area contributed by atoms with E-state index in [9.17, 15) is 9.59 Å². The summed E-state index contributed by atoms with van der Waals surface area (Å²) in [7, 11) is 0. The molecule has 3 aromatic rings. The lowest BCUT2D eigenvalue weighted by Crippen LogP contribution is -2.24. The zero-order chi connectivity index (χ0) is 19.4. The number of carbonyl (C=O) groups excluding carboxylic acids is 1. The van der Waals surface area contributed by atoms with Crippen LogP contribution in [-0.4, -0.2) is 20.6 Å². The van der Waals surface area contributed by atoms with Crippen LogP contribution in [0.15, 0.2) is 71.1 Å². The average molecular weight is 378 g/mol. The molecule has 0 bridgehead atoms. The van der Waals surface area contributed by atoms with Crippen LogP contribution in [0.3, 0.4) is 0 Å². The summed E-state index contributed by atoms with van der Waals surface area (Å²) in [6.07, 6.45) is 2.60. The minimum atomic E-state index is -0.360. The van der Waals surface area contributed by atoms with E-state index in [2.05, 4.69) is 18.5 Å². The standard InChI is InChI=1S/C22H22N2O2S/c1-4-14-24-21(26)18-8-6-7-9-19(18)23-22(24)27-15(3)20(25)17-12-10-16(5-2)11-13-17/h4,6-13,15H,1,5,14H2,2-3H3/t15-/m1/s1. The van der Waals surface area contributed by atoms with Gasteiger partial charge in [0.2, 0.25) is 0 Å². The van der Waals surface area contributed by atoms with Gasteiger partial charge in [0.1, 0.15) is 0 Å². The molecule has 0 aliphatic rings. The van der Waals surface area contributed by atoms with Crippen molar-refractivity contribution in [3.8, 4) is 0 Å². The van der Waals surface area contributed by atoms with Gasteiger partial charge in [-0.25, -0.2) is 4.98 Å². The Morgan fingerprint density at radius 3 is 2.59 bits per heavy atom. The molecule has 0 aliphatic carbocycles. The van der Waals surface area contributed by atoms with E-state index in [-0.39, 0.29) is 16.6 Å². The zero-order valence-electron chi connectivity index (χ0n) is 15.5. The Balaban J connectivity index is 1.94. The summed E-state index contributed by atoms with van der Waals surface area (Å²) in [5.41, 5.74) is 2.39. The van der Waals surface area contributed by atoms with Crippen LogP contribution in [0, 0.1) is 0 Å². The van der Waals surface area contributed by atoms with E-state index in [0.29, 0.717) is 28.2 Å². The van der Waals surface area contributed by atoms with E-state index >= 15 is 0 Å². The first-order valence-electron chi connectivity index (χ1n) is 8.95. The Bertz CT molecular complexity index is 1040. The number of hydrogen-bond donors (Lipinski definition) is 0. The number of aromatic nitrogens is 2. The van der Waals surface area contributed by atoms with Crippen molar-refractivity contribution in [2.24, 2.45) is 0 Å². The second-order valence-corrected chi connectivity index (χ2v) is 7.60. The van der Waals surface area contributed by atoms with Gasteiger partial charge in [0.05, 0.1) is 16.2 Å². The van der Waals surface area contributed by atoms with Crippen molar-refractivity contribution in [3.63, 3.8) is 0 Å². The maximum atomic E-state index is 12.8. The number of para-hydroxylation sites is 1. The summed E-state index contributed by atoms with van der Waals surface area (Å²) in [4.78, 5) is 30.2. The molecule has 0 radical (unpaired) electrons. The second-order valence-electron chi connectivity index (χ2n) is 6.29. The number of aryl methyl sites for hydroxylation is 1. The van der Waals surface area contributed by atoms with Gasteiger partial charge in [0.25, 0.3) is 5.56 Å². The lowest BCUT2D eigenvalue weighted by atomic mass is 10.1. The van der Waals surface area contributed by atoms with E-state index in [1.165, 1.54) is 17.3 Å². The van der Waals surface area contributed by atoms with Crippen LogP contribution in [-0.2, 0) is 13.0 Å². The van der Waals surface area contributed by atoms with Crippen molar-refractivity contribution < 1.29 is 4.79 Å². The molecule has 0 fully saturated rings. The van der Waals surface area contributed by atoms with Crippen LogP contribution in [0.4, 0.5) is 0 Å². The Morgan fingerprint density at radius 1 is 1.22 bits per heavy atom. The molecule has 4 nitrogen and oxygen atoms in total. The Labute approximate surface area is 162 Å². The van der Waals surface area contributed by atoms with E-state index < -0.39 is 0 Å². The third-order valence-corrected chi connectivity index (χ3v) is 5.53. The number of rotatable bonds is 7. The van der Waals surface area contributed by atoms with Gasteiger partial charge in [0, 0.05) is 12.1 Å². The highest BCUT2D eigenvalue weighted by atomic mass is 32.2. The van der Waals surface area contributed by atoms with Crippen molar-refractivity contribution in [1.82, 2.24) is 9.55 Å².